The van der Waals surface area contributed by atoms with Crippen molar-refractivity contribution in [1.29, 1.82) is 0 Å². The van der Waals surface area contributed by atoms with Crippen molar-refractivity contribution in [2.45, 2.75) is 25.3 Å². The van der Waals surface area contributed by atoms with Gasteiger partial charge in [0.2, 0.25) is 0 Å². The Labute approximate surface area is 128 Å². The highest BCUT2D eigenvalue weighted by Crippen LogP contribution is 2.38. The van der Waals surface area contributed by atoms with Crippen LogP contribution in [-0.4, -0.2) is 20.2 Å². The molecule has 5 heteroatoms. The first kappa shape index (κ1) is 13.0. The van der Waals surface area contributed by atoms with Crippen LogP contribution < -0.4 is 5.32 Å². The predicted octanol–water partition coefficient (Wildman–Crippen LogP) is 3.36. The van der Waals surface area contributed by atoms with E-state index in [1.54, 1.807) is 12.4 Å². The van der Waals surface area contributed by atoms with Crippen molar-refractivity contribution in [3.05, 3.63) is 60.2 Å². The summed E-state index contributed by atoms with van der Waals surface area (Å²) in [4.78, 5) is 8.63. The lowest BCUT2D eigenvalue weighted by Crippen LogP contribution is -1.99. The van der Waals surface area contributed by atoms with Crippen molar-refractivity contribution < 1.29 is 0 Å². The molecule has 1 aromatic carbocycles. The van der Waals surface area contributed by atoms with E-state index in [9.17, 15) is 0 Å². The van der Waals surface area contributed by atoms with Crippen LogP contribution in [0.3, 0.4) is 0 Å². The van der Waals surface area contributed by atoms with Crippen LogP contribution in [0.25, 0.3) is 11.4 Å². The van der Waals surface area contributed by atoms with E-state index in [-0.39, 0.29) is 0 Å². The summed E-state index contributed by atoms with van der Waals surface area (Å²) in [7, 11) is 0. The van der Waals surface area contributed by atoms with Crippen molar-refractivity contribution in [2.24, 2.45) is 0 Å². The van der Waals surface area contributed by atoms with Crippen molar-refractivity contribution >= 4 is 5.69 Å². The lowest BCUT2D eigenvalue weighted by Gasteiger charge is -2.07. The third-order valence-corrected chi connectivity index (χ3v) is 3.83. The number of aromatic amines is 1. The largest absolute Gasteiger partial charge is 0.381 e. The average Bonchev–Trinajstić information content (AvgIpc) is 3.31. The maximum absolute atomic E-state index is 4.60. The molecule has 3 aromatic rings. The van der Waals surface area contributed by atoms with E-state index in [0.717, 1.165) is 29.4 Å². The molecule has 0 unspecified atom stereocenters. The molecule has 1 aliphatic carbocycles. The molecule has 1 fully saturated rings. The van der Waals surface area contributed by atoms with Gasteiger partial charge in [0.25, 0.3) is 0 Å². The second kappa shape index (κ2) is 5.60. The molecule has 0 radical (unpaired) electrons. The Morgan fingerprint density at radius 2 is 2.00 bits per heavy atom. The molecule has 110 valence electrons. The van der Waals surface area contributed by atoms with Gasteiger partial charge in [0.05, 0.1) is 0 Å². The van der Waals surface area contributed by atoms with Gasteiger partial charge >= 0.3 is 0 Å². The summed E-state index contributed by atoms with van der Waals surface area (Å²) in [6.45, 7) is 0.771. The van der Waals surface area contributed by atoms with Gasteiger partial charge in [-0.25, -0.2) is 4.98 Å². The number of aromatic nitrogens is 4. The molecular formula is C17H17N5. The monoisotopic (exact) mass is 291 g/mol. The number of nitrogens with one attached hydrogen (secondary N) is 2. The molecule has 0 atom stereocenters. The summed E-state index contributed by atoms with van der Waals surface area (Å²) in [6.07, 6.45) is 6.06. The molecule has 0 bridgehead atoms. The average molecular weight is 291 g/mol. The minimum atomic E-state index is 0.592. The van der Waals surface area contributed by atoms with Gasteiger partial charge in [0.1, 0.15) is 5.82 Å². The van der Waals surface area contributed by atoms with Crippen LogP contribution in [0.15, 0.2) is 48.8 Å². The molecule has 5 nitrogen and oxygen atoms in total. The van der Waals surface area contributed by atoms with E-state index < -0.39 is 0 Å². The van der Waals surface area contributed by atoms with Gasteiger partial charge < -0.3 is 5.32 Å². The fourth-order valence-electron chi connectivity index (χ4n) is 2.42. The van der Waals surface area contributed by atoms with Gasteiger partial charge in [0.15, 0.2) is 5.82 Å². The summed E-state index contributed by atoms with van der Waals surface area (Å²) in [5.41, 5.74) is 3.30. The number of rotatable bonds is 5. The zero-order chi connectivity index (χ0) is 14.8. The molecule has 0 saturated heterocycles. The van der Waals surface area contributed by atoms with Crippen molar-refractivity contribution in [3.63, 3.8) is 0 Å². The lowest BCUT2D eigenvalue weighted by atomic mass is 10.2. The summed E-state index contributed by atoms with van der Waals surface area (Å²) in [5.74, 6) is 2.38. The zero-order valence-electron chi connectivity index (χ0n) is 12.2. The number of hydrogen-bond acceptors (Lipinski definition) is 4. The van der Waals surface area contributed by atoms with Crippen LogP contribution in [0, 0.1) is 0 Å². The van der Waals surface area contributed by atoms with E-state index in [0.29, 0.717) is 5.92 Å². The fourth-order valence-corrected chi connectivity index (χ4v) is 2.42. The van der Waals surface area contributed by atoms with Crippen LogP contribution in [0.4, 0.5) is 5.69 Å². The van der Waals surface area contributed by atoms with Gasteiger partial charge in [-0.05, 0) is 42.7 Å². The molecule has 2 aromatic heterocycles. The number of nitrogens with zero attached hydrogens (tertiary/aromatic N) is 3. The molecule has 2 N–H and O–H groups in total. The lowest BCUT2D eigenvalue weighted by molar-refractivity contribution is 0.935. The van der Waals surface area contributed by atoms with E-state index in [1.807, 2.05) is 24.3 Å². The Morgan fingerprint density at radius 3 is 2.82 bits per heavy atom. The normalized spacial score (nSPS) is 14.0. The van der Waals surface area contributed by atoms with Crippen LogP contribution in [0.1, 0.15) is 30.1 Å². The molecule has 4 rings (SSSR count). The molecule has 1 saturated carbocycles. The Hall–Kier alpha value is -2.69. The quantitative estimate of drug-likeness (QED) is 0.756. The predicted molar refractivity (Wildman–Crippen MR) is 85.4 cm³/mol. The SMILES string of the molecule is c1cc(NCc2ccncc2)cc(-c2n[nH]c(C3CC3)n2)c1. The van der Waals surface area contributed by atoms with E-state index in [2.05, 4.69) is 37.6 Å². The molecule has 0 amide bonds. The molecule has 0 spiro atoms. The van der Waals surface area contributed by atoms with E-state index >= 15 is 0 Å². The van der Waals surface area contributed by atoms with Gasteiger partial charge in [-0.2, -0.15) is 5.10 Å². The second-order valence-electron chi connectivity index (χ2n) is 5.61. The van der Waals surface area contributed by atoms with Crippen LogP contribution in [-0.2, 0) is 6.54 Å². The van der Waals surface area contributed by atoms with Crippen LogP contribution in [0.5, 0.6) is 0 Å². The first-order valence-electron chi connectivity index (χ1n) is 7.54. The maximum atomic E-state index is 4.60. The van der Waals surface area contributed by atoms with Gasteiger partial charge in [0, 0.05) is 36.1 Å². The van der Waals surface area contributed by atoms with Crippen molar-refractivity contribution in [3.8, 4) is 11.4 Å². The summed E-state index contributed by atoms with van der Waals surface area (Å²) >= 11 is 0. The highest BCUT2D eigenvalue weighted by atomic mass is 15.2. The number of anilines is 1. The summed E-state index contributed by atoms with van der Waals surface area (Å²) in [6, 6.07) is 12.2. The van der Waals surface area contributed by atoms with Gasteiger partial charge in [-0.15, -0.1) is 0 Å². The first-order chi connectivity index (χ1) is 10.9. The Balaban J connectivity index is 1.49. The fraction of sp³-hybridized carbons (Fsp3) is 0.235. The van der Waals surface area contributed by atoms with Gasteiger partial charge in [-0.1, -0.05) is 12.1 Å². The van der Waals surface area contributed by atoms with Crippen LogP contribution >= 0.6 is 0 Å². The maximum Gasteiger partial charge on any atom is 0.181 e. The molecule has 22 heavy (non-hydrogen) atoms. The standard InChI is InChI=1S/C17H17N5/c1-2-14(17-20-16(21-22-17)13-4-5-13)10-15(3-1)19-11-12-6-8-18-9-7-12/h1-3,6-10,13,19H,4-5,11H2,(H,20,21,22). The van der Waals surface area contributed by atoms with Crippen molar-refractivity contribution in [1.82, 2.24) is 20.2 Å². The smallest absolute Gasteiger partial charge is 0.181 e. The number of benzene rings is 1. The first-order valence-corrected chi connectivity index (χ1v) is 7.54. The minimum absolute atomic E-state index is 0.592. The van der Waals surface area contributed by atoms with Crippen molar-refractivity contribution in [2.75, 3.05) is 5.32 Å². The number of H-pyrrole nitrogens is 1. The summed E-state index contributed by atoms with van der Waals surface area (Å²) in [5, 5.41) is 10.8. The topological polar surface area (TPSA) is 66.5 Å². The molecular weight excluding hydrogens is 274 g/mol. The van der Waals surface area contributed by atoms with E-state index in [4.69, 9.17) is 0 Å². The Bertz CT molecular complexity index is 761. The minimum Gasteiger partial charge on any atom is -0.381 e. The third kappa shape index (κ3) is 2.83. The third-order valence-electron chi connectivity index (χ3n) is 3.83. The van der Waals surface area contributed by atoms with E-state index in [1.165, 1.54) is 18.4 Å². The number of pyridine rings is 1. The highest BCUT2D eigenvalue weighted by molar-refractivity contribution is 5.62. The number of hydrogen-bond donors (Lipinski definition) is 2. The highest BCUT2D eigenvalue weighted by Gasteiger charge is 2.27. The zero-order valence-corrected chi connectivity index (χ0v) is 12.2. The second-order valence-corrected chi connectivity index (χ2v) is 5.61. The van der Waals surface area contributed by atoms with Gasteiger partial charge in [-0.3, -0.25) is 10.1 Å². The van der Waals surface area contributed by atoms with Crippen LogP contribution in [0.2, 0.25) is 0 Å². The Morgan fingerprint density at radius 1 is 1.14 bits per heavy atom. The molecule has 1 aliphatic rings. The summed E-state index contributed by atoms with van der Waals surface area (Å²) < 4.78 is 0. The Kier molecular flexibility index (Phi) is 3.31. The molecule has 2 heterocycles. The molecule has 0 aliphatic heterocycles.